The molecule has 0 radical (unpaired) electrons. The SMILES string of the molecule is CCOCCn1cc(CCCCNC)c2ccccc21. The minimum atomic E-state index is 0.786. The van der Waals surface area contributed by atoms with E-state index in [4.69, 9.17) is 4.74 Å². The number of hydrogen-bond donors (Lipinski definition) is 1. The molecule has 1 heterocycles. The average molecular weight is 274 g/mol. The maximum Gasteiger partial charge on any atom is 0.0645 e. The fourth-order valence-electron chi connectivity index (χ4n) is 2.63. The summed E-state index contributed by atoms with van der Waals surface area (Å²) in [6.45, 7) is 5.65. The van der Waals surface area contributed by atoms with Gasteiger partial charge in [-0.15, -0.1) is 0 Å². The predicted octanol–water partition coefficient (Wildman–Crippen LogP) is 3.22. The van der Waals surface area contributed by atoms with Crippen LogP contribution in [0.5, 0.6) is 0 Å². The van der Waals surface area contributed by atoms with Gasteiger partial charge in [0.2, 0.25) is 0 Å². The number of ether oxygens (including phenoxy) is 1. The zero-order valence-corrected chi connectivity index (χ0v) is 12.7. The van der Waals surface area contributed by atoms with E-state index in [2.05, 4.69) is 40.3 Å². The fourth-order valence-corrected chi connectivity index (χ4v) is 2.63. The molecule has 20 heavy (non-hydrogen) atoms. The molecule has 0 saturated carbocycles. The van der Waals surface area contributed by atoms with Gasteiger partial charge in [0.05, 0.1) is 6.61 Å². The first kappa shape index (κ1) is 15.1. The third kappa shape index (κ3) is 3.84. The van der Waals surface area contributed by atoms with Crippen molar-refractivity contribution in [3.63, 3.8) is 0 Å². The molecule has 0 spiro atoms. The van der Waals surface area contributed by atoms with Crippen LogP contribution >= 0.6 is 0 Å². The summed E-state index contributed by atoms with van der Waals surface area (Å²) < 4.78 is 7.81. The molecule has 3 nitrogen and oxygen atoms in total. The molecule has 0 unspecified atom stereocenters. The van der Waals surface area contributed by atoms with Gasteiger partial charge in [-0.05, 0) is 51.4 Å². The summed E-state index contributed by atoms with van der Waals surface area (Å²) in [7, 11) is 2.01. The van der Waals surface area contributed by atoms with E-state index in [1.165, 1.54) is 29.3 Å². The average Bonchev–Trinajstić information content (AvgIpc) is 2.83. The van der Waals surface area contributed by atoms with E-state index in [-0.39, 0.29) is 0 Å². The van der Waals surface area contributed by atoms with Gasteiger partial charge in [-0.2, -0.15) is 0 Å². The maximum atomic E-state index is 5.48. The fraction of sp³-hybridized carbons (Fsp3) is 0.529. The Balaban J connectivity index is 2.09. The lowest BCUT2D eigenvalue weighted by molar-refractivity contribution is 0.140. The van der Waals surface area contributed by atoms with Crippen molar-refractivity contribution in [2.75, 3.05) is 26.8 Å². The Labute approximate surface area is 121 Å². The number of aromatic nitrogens is 1. The first-order valence-corrected chi connectivity index (χ1v) is 7.66. The standard InChI is InChI=1S/C17H26N2O/c1-3-20-13-12-19-14-15(8-6-7-11-18-2)16-9-4-5-10-17(16)19/h4-5,9-10,14,18H,3,6-8,11-13H2,1-2H3. The molecular formula is C17H26N2O. The lowest BCUT2D eigenvalue weighted by atomic mass is 10.1. The highest BCUT2D eigenvalue weighted by Crippen LogP contribution is 2.22. The molecule has 0 saturated heterocycles. The van der Waals surface area contributed by atoms with Crippen LogP contribution in [0.25, 0.3) is 10.9 Å². The highest BCUT2D eigenvalue weighted by molar-refractivity contribution is 5.83. The second kappa shape index (κ2) is 8.08. The predicted molar refractivity (Wildman–Crippen MR) is 85.3 cm³/mol. The van der Waals surface area contributed by atoms with Crippen molar-refractivity contribution in [1.29, 1.82) is 0 Å². The second-order valence-corrected chi connectivity index (χ2v) is 5.12. The van der Waals surface area contributed by atoms with Gasteiger partial charge in [0.15, 0.2) is 0 Å². The van der Waals surface area contributed by atoms with E-state index in [0.717, 1.165) is 32.7 Å². The Morgan fingerprint density at radius 3 is 2.85 bits per heavy atom. The molecule has 0 aliphatic carbocycles. The molecule has 110 valence electrons. The quantitative estimate of drug-likeness (QED) is 0.711. The number of unbranched alkanes of at least 4 members (excludes halogenated alkanes) is 1. The molecule has 0 atom stereocenters. The number of rotatable bonds is 9. The molecule has 2 aromatic rings. The molecule has 2 rings (SSSR count). The topological polar surface area (TPSA) is 26.2 Å². The monoisotopic (exact) mass is 274 g/mol. The molecule has 1 aromatic heterocycles. The van der Waals surface area contributed by atoms with Crippen molar-refractivity contribution in [2.45, 2.75) is 32.7 Å². The highest BCUT2D eigenvalue weighted by atomic mass is 16.5. The first-order valence-electron chi connectivity index (χ1n) is 7.66. The van der Waals surface area contributed by atoms with Crippen molar-refractivity contribution in [3.8, 4) is 0 Å². The van der Waals surface area contributed by atoms with Crippen LogP contribution in [0.15, 0.2) is 30.5 Å². The molecule has 3 heteroatoms. The van der Waals surface area contributed by atoms with E-state index < -0.39 is 0 Å². The molecule has 1 aromatic carbocycles. The number of aryl methyl sites for hydroxylation is 1. The van der Waals surface area contributed by atoms with Crippen LogP contribution in [0.2, 0.25) is 0 Å². The molecule has 0 amide bonds. The number of para-hydroxylation sites is 1. The molecule has 0 aliphatic rings. The zero-order chi connectivity index (χ0) is 14.2. The van der Waals surface area contributed by atoms with Crippen molar-refractivity contribution >= 4 is 10.9 Å². The molecule has 0 bridgehead atoms. The van der Waals surface area contributed by atoms with Gasteiger partial charge in [0, 0.05) is 30.3 Å². The van der Waals surface area contributed by atoms with Crippen molar-refractivity contribution in [2.24, 2.45) is 0 Å². The summed E-state index contributed by atoms with van der Waals surface area (Å²) in [5, 5.41) is 4.61. The van der Waals surface area contributed by atoms with Crippen molar-refractivity contribution in [3.05, 3.63) is 36.0 Å². The van der Waals surface area contributed by atoms with Gasteiger partial charge in [-0.25, -0.2) is 0 Å². The molecule has 0 aliphatic heterocycles. The van der Waals surface area contributed by atoms with Crippen LogP contribution in [0.4, 0.5) is 0 Å². The summed E-state index contributed by atoms with van der Waals surface area (Å²) >= 11 is 0. The van der Waals surface area contributed by atoms with E-state index in [1.807, 2.05) is 14.0 Å². The Morgan fingerprint density at radius 2 is 2.05 bits per heavy atom. The third-order valence-corrected chi connectivity index (χ3v) is 3.67. The zero-order valence-electron chi connectivity index (χ0n) is 12.7. The minimum absolute atomic E-state index is 0.786. The first-order chi connectivity index (χ1) is 9.86. The summed E-state index contributed by atoms with van der Waals surface area (Å²) in [6, 6.07) is 8.69. The molecule has 1 N–H and O–H groups in total. The third-order valence-electron chi connectivity index (χ3n) is 3.67. The number of hydrogen-bond acceptors (Lipinski definition) is 2. The summed E-state index contributed by atoms with van der Waals surface area (Å²) in [5.74, 6) is 0. The highest BCUT2D eigenvalue weighted by Gasteiger charge is 2.07. The Hall–Kier alpha value is -1.32. The number of fused-ring (bicyclic) bond motifs is 1. The van der Waals surface area contributed by atoms with Crippen molar-refractivity contribution < 1.29 is 4.74 Å². The van der Waals surface area contributed by atoms with Gasteiger partial charge in [-0.1, -0.05) is 18.2 Å². The van der Waals surface area contributed by atoms with Crippen LogP contribution in [0.3, 0.4) is 0 Å². The van der Waals surface area contributed by atoms with Gasteiger partial charge in [0.1, 0.15) is 0 Å². The lowest BCUT2D eigenvalue weighted by Crippen LogP contribution is -2.07. The van der Waals surface area contributed by atoms with E-state index in [1.54, 1.807) is 0 Å². The van der Waals surface area contributed by atoms with Crippen molar-refractivity contribution in [1.82, 2.24) is 9.88 Å². The normalized spacial score (nSPS) is 11.3. The van der Waals surface area contributed by atoms with Crippen LogP contribution in [0, 0.1) is 0 Å². The van der Waals surface area contributed by atoms with Gasteiger partial charge in [0.25, 0.3) is 0 Å². The van der Waals surface area contributed by atoms with E-state index in [0.29, 0.717) is 0 Å². The van der Waals surface area contributed by atoms with Gasteiger partial charge < -0.3 is 14.6 Å². The second-order valence-electron chi connectivity index (χ2n) is 5.12. The summed E-state index contributed by atoms with van der Waals surface area (Å²) in [5.41, 5.74) is 2.80. The molecular weight excluding hydrogens is 248 g/mol. The largest absolute Gasteiger partial charge is 0.380 e. The Morgan fingerprint density at radius 1 is 1.20 bits per heavy atom. The smallest absolute Gasteiger partial charge is 0.0645 e. The Bertz CT molecular complexity index is 519. The maximum absolute atomic E-state index is 5.48. The summed E-state index contributed by atoms with van der Waals surface area (Å²) in [4.78, 5) is 0. The lowest BCUT2D eigenvalue weighted by Gasteiger charge is -2.04. The summed E-state index contributed by atoms with van der Waals surface area (Å²) in [6.07, 6.45) is 5.93. The number of nitrogens with one attached hydrogen (secondary N) is 1. The number of nitrogens with zero attached hydrogens (tertiary/aromatic N) is 1. The van der Waals surface area contributed by atoms with Crippen LogP contribution in [0.1, 0.15) is 25.3 Å². The van der Waals surface area contributed by atoms with Gasteiger partial charge in [-0.3, -0.25) is 0 Å². The van der Waals surface area contributed by atoms with Gasteiger partial charge >= 0.3 is 0 Å². The van der Waals surface area contributed by atoms with Crippen LogP contribution in [-0.2, 0) is 17.7 Å². The number of benzene rings is 1. The van der Waals surface area contributed by atoms with Crippen LogP contribution < -0.4 is 5.32 Å². The van der Waals surface area contributed by atoms with E-state index in [9.17, 15) is 0 Å². The van der Waals surface area contributed by atoms with Crippen LogP contribution in [-0.4, -0.2) is 31.4 Å². The molecule has 0 fully saturated rings. The Kier molecular flexibility index (Phi) is 6.09. The van der Waals surface area contributed by atoms with E-state index >= 15 is 0 Å². The minimum Gasteiger partial charge on any atom is -0.380 e.